The maximum absolute atomic E-state index is 10.5. The number of hydrogen-bond donors (Lipinski definition) is 1. The van der Waals surface area contributed by atoms with Crippen LogP contribution in [-0.2, 0) is 10.2 Å². The van der Waals surface area contributed by atoms with Crippen LogP contribution in [0.2, 0.25) is 0 Å². The third-order valence-electron chi connectivity index (χ3n) is 2.18. The molecule has 1 aromatic rings. The quantitative estimate of drug-likeness (QED) is 0.836. The van der Waals surface area contributed by atoms with Crippen LogP contribution in [0.5, 0.6) is 0 Å². The number of carboxylic acid groups (broad SMARTS) is 1. The summed E-state index contributed by atoms with van der Waals surface area (Å²) in [4.78, 5) is 12.1. The van der Waals surface area contributed by atoms with Gasteiger partial charge in [-0.15, -0.1) is 5.10 Å². The highest BCUT2D eigenvalue weighted by atomic mass is 16.4. The molecule has 0 aromatic carbocycles. The molecule has 0 aliphatic rings. The molecule has 0 aliphatic carbocycles. The van der Waals surface area contributed by atoms with Crippen molar-refractivity contribution in [2.24, 2.45) is 0 Å². The Bertz CT molecular complexity index is 368. The topological polar surface area (TPSA) is 66.3 Å². The van der Waals surface area contributed by atoms with E-state index < -0.39 is 5.97 Å². The van der Waals surface area contributed by atoms with E-state index in [0.29, 0.717) is 5.82 Å². The van der Waals surface area contributed by atoms with Gasteiger partial charge < -0.3 is 10.0 Å². The normalized spacial score (nSPS) is 11.2. The van der Waals surface area contributed by atoms with Gasteiger partial charge in [0.2, 0.25) is 0 Å². The number of rotatable bonds is 3. The molecule has 0 spiro atoms. The summed E-state index contributed by atoms with van der Waals surface area (Å²) < 4.78 is 0. The lowest BCUT2D eigenvalue weighted by molar-refractivity contribution is -0.135. The summed E-state index contributed by atoms with van der Waals surface area (Å²) in [6.45, 7) is 6.08. The first-order valence-corrected chi connectivity index (χ1v) is 5.08. The molecule has 0 amide bonds. The molecule has 88 valence electrons. The molecule has 0 saturated heterocycles. The number of carboxylic acids is 1. The highest BCUT2D eigenvalue weighted by molar-refractivity contribution is 5.72. The van der Waals surface area contributed by atoms with Crippen molar-refractivity contribution in [1.82, 2.24) is 10.2 Å². The molecule has 0 aliphatic heterocycles. The second-order valence-electron chi connectivity index (χ2n) is 4.78. The predicted molar refractivity (Wildman–Crippen MR) is 61.6 cm³/mol. The van der Waals surface area contributed by atoms with E-state index in [4.69, 9.17) is 5.11 Å². The number of likely N-dealkylation sites (N-methyl/N-ethyl adjacent to an activating group) is 1. The maximum atomic E-state index is 10.5. The highest BCUT2D eigenvalue weighted by Gasteiger charge is 2.16. The van der Waals surface area contributed by atoms with Crippen molar-refractivity contribution in [3.05, 3.63) is 17.8 Å². The fourth-order valence-corrected chi connectivity index (χ4v) is 1.21. The van der Waals surface area contributed by atoms with E-state index in [1.54, 1.807) is 18.0 Å². The van der Waals surface area contributed by atoms with Crippen molar-refractivity contribution in [2.75, 3.05) is 18.5 Å². The molecule has 1 heterocycles. The Morgan fingerprint density at radius 2 is 2.00 bits per heavy atom. The first-order valence-electron chi connectivity index (χ1n) is 5.08. The van der Waals surface area contributed by atoms with Gasteiger partial charge in [-0.1, -0.05) is 20.8 Å². The van der Waals surface area contributed by atoms with E-state index in [2.05, 4.69) is 31.0 Å². The molecule has 16 heavy (non-hydrogen) atoms. The molecule has 1 N–H and O–H groups in total. The van der Waals surface area contributed by atoms with Crippen molar-refractivity contribution in [3.63, 3.8) is 0 Å². The number of hydrogen-bond acceptors (Lipinski definition) is 4. The third-order valence-corrected chi connectivity index (χ3v) is 2.18. The fourth-order valence-electron chi connectivity index (χ4n) is 1.21. The number of nitrogens with zero attached hydrogens (tertiary/aromatic N) is 3. The predicted octanol–water partition coefficient (Wildman–Crippen LogP) is 1.29. The summed E-state index contributed by atoms with van der Waals surface area (Å²) in [7, 11) is 1.68. The molecule has 1 aromatic heterocycles. The van der Waals surface area contributed by atoms with E-state index in [-0.39, 0.29) is 12.0 Å². The molecular weight excluding hydrogens is 206 g/mol. The SMILES string of the molecule is CN(CC(=O)O)c1ccc(C(C)(C)C)nn1. The number of aromatic nitrogens is 2. The van der Waals surface area contributed by atoms with Crippen LogP contribution in [-0.4, -0.2) is 34.9 Å². The van der Waals surface area contributed by atoms with Gasteiger partial charge in [-0.25, -0.2) is 0 Å². The summed E-state index contributed by atoms with van der Waals surface area (Å²) in [5, 5.41) is 16.7. The van der Waals surface area contributed by atoms with Gasteiger partial charge in [-0.05, 0) is 12.1 Å². The van der Waals surface area contributed by atoms with E-state index in [1.807, 2.05) is 6.07 Å². The van der Waals surface area contributed by atoms with Crippen molar-refractivity contribution < 1.29 is 9.90 Å². The smallest absolute Gasteiger partial charge is 0.323 e. The number of anilines is 1. The van der Waals surface area contributed by atoms with Gasteiger partial charge in [-0.3, -0.25) is 4.79 Å². The monoisotopic (exact) mass is 223 g/mol. The molecule has 1 rings (SSSR count). The zero-order chi connectivity index (χ0) is 12.3. The lowest BCUT2D eigenvalue weighted by Gasteiger charge is -2.19. The Labute approximate surface area is 95.1 Å². The molecule has 0 bridgehead atoms. The first kappa shape index (κ1) is 12.4. The Hall–Kier alpha value is -1.65. The Morgan fingerprint density at radius 3 is 2.38 bits per heavy atom. The van der Waals surface area contributed by atoms with Crippen LogP contribution >= 0.6 is 0 Å². The Morgan fingerprint density at radius 1 is 1.38 bits per heavy atom. The van der Waals surface area contributed by atoms with Crippen LogP contribution < -0.4 is 4.90 Å². The van der Waals surface area contributed by atoms with E-state index >= 15 is 0 Å². The average Bonchev–Trinajstić information content (AvgIpc) is 2.15. The van der Waals surface area contributed by atoms with Crippen molar-refractivity contribution >= 4 is 11.8 Å². The van der Waals surface area contributed by atoms with E-state index in [9.17, 15) is 4.79 Å². The minimum absolute atomic E-state index is 0.0447. The first-order chi connectivity index (χ1) is 7.30. The number of carbonyl (C=O) groups is 1. The maximum Gasteiger partial charge on any atom is 0.323 e. The lowest BCUT2D eigenvalue weighted by atomic mass is 9.92. The zero-order valence-corrected chi connectivity index (χ0v) is 10.1. The zero-order valence-electron chi connectivity index (χ0n) is 10.1. The summed E-state index contributed by atoms with van der Waals surface area (Å²) in [6, 6.07) is 3.66. The molecule has 5 heteroatoms. The Kier molecular flexibility index (Phi) is 3.47. The summed E-state index contributed by atoms with van der Waals surface area (Å²) in [5.41, 5.74) is 0.844. The molecular formula is C11H17N3O2. The van der Waals surface area contributed by atoms with E-state index in [1.165, 1.54) is 0 Å². The van der Waals surface area contributed by atoms with Gasteiger partial charge in [0.05, 0.1) is 5.69 Å². The van der Waals surface area contributed by atoms with Gasteiger partial charge in [0.1, 0.15) is 6.54 Å². The second kappa shape index (κ2) is 4.47. The van der Waals surface area contributed by atoms with Crippen molar-refractivity contribution in [2.45, 2.75) is 26.2 Å². The highest BCUT2D eigenvalue weighted by Crippen LogP contribution is 2.20. The third kappa shape index (κ3) is 3.18. The average molecular weight is 223 g/mol. The van der Waals surface area contributed by atoms with Crippen molar-refractivity contribution in [3.8, 4) is 0 Å². The van der Waals surface area contributed by atoms with Gasteiger partial charge in [-0.2, -0.15) is 5.10 Å². The van der Waals surface area contributed by atoms with Crippen LogP contribution in [0.15, 0.2) is 12.1 Å². The van der Waals surface area contributed by atoms with Gasteiger partial charge in [0.25, 0.3) is 0 Å². The van der Waals surface area contributed by atoms with Crippen LogP contribution in [0.4, 0.5) is 5.82 Å². The summed E-state index contributed by atoms with van der Waals surface area (Å²) in [5.74, 6) is -0.320. The minimum Gasteiger partial charge on any atom is -0.480 e. The van der Waals surface area contributed by atoms with Gasteiger partial charge >= 0.3 is 5.97 Å². The molecule has 0 fully saturated rings. The van der Waals surface area contributed by atoms with Crippen LogP contribution in [0.1, 0.15) is 26.5 Å². The number of aliphatic carboxylic acids is 1. The fraction of sp³-hybridized carbons (Fsp3) is 0.545. The van der Waals surface area contributed by atoms with Crippen LogP contribution in [0.3, 0.4) is 0 Å². The van der Waals surface area contributed by atoms with Gasteiger partial charge in [0.15, 0.2) is 5.82 Å². The second-order valence-corrected chi connectivity index (χ2v) is 4.78. The lowest BCUT2D eigenvalue weighted by Crippen LogP contribution is -2.26. The molecule has 0 atom stereocenters. The molecule has 0 saturated carbocycles. The van der Waals surface area contributed by atoms with E-state index in [0.717, 1.165) is 5.69 Å². The van der Waals surface area contributed by atoms with Crippen molar-refractivity contribution in [1.29, 1.82) is 0 Å². The van der Waals surface area contributed by atoms with Gasteiger partial charge in [0, 0.05) is 12.5 Å². The minimum atomic E-state index is -0.885. The largest absolute Gasteiger partial charge is 0.480 e. The molecule has 5 nitrogen and oxygen atoms in total. The van der Waals surface area contributed by atoms with Crippen LogP contribution in [0, 0.1) is 0 Å². The Balaban J connectivity index is 2.83. The molecule has 0 unspecified atom stereocenters. The summed E-state index contributed by atoms with van der Waals surface area (Å²) >= 11 is 0. The van der Waals surface area contributed by atoms with Crippen LogP contribution in [0.25, 0.3) is 0 Å². The standard InChI is InChI=1S/C11H17N3O2/c1-11(2,3)8-5-6-9(13-12-8)14(4)7-10(15)16/h5-6H,7H2,1-4H3,(H,15,16). The summed E-state index contributed by atoms with van der Waals surface area (Å²) in [6.07, 6.45) is 0. The molecule has 0 radical (unpaired) electrons.